The Kier molecular flexibility index (Phi) is 4.53. The Hall–Kier alpha value is -1.86. The molecule has 19 heavy (non-hydrogen) atoms. The Morgan fingerprint density at radius 3 is 2.26 bits per heavy atom. The molecule has 0 aliphatic heterocycles. The third-order valence-electron chi connectivity index (χ3n) is 2.56. The number of hydrogen-bond acceptors (Lipinski definition) is 4. The molecule has 0 radical (unpaired) electrons. The van der Waals surface area contributed by atoms with Crippen molar-refractivity contribution in [1.29, 1.82) is 5.26 Å². The molecule has 2 aromatic rings. The van der Waals surface area contributed by atoms with Crippen molar-refractivity contribution >= 4 is 11.8 Å². The van der Waals surface area contributed by atoms with Gasteiger partial charge >= 0.3 is 0 Å². The monoisotopic (exact) mass is 269 g/mol. The summed E-state index contributed by atoms with van der Waals surface area (Å²) >= 11 is 1.81. The van der Waals surface area contributed by atoms with Crippen LogP contribution in [0.2, 0.25) is 0 Å². The molecule has 96 valence electrons. The quantitative estimate of drug-likeness (QED) is 0.795. The number of benzene rings is 1. The SMILES string of the molecule is CC(C)Sc1ccc(C(C#N)c2ncccn2)cc1. The smallest absolute Gasteiger partial charge is 0.149 e. The summed E-state index contributed by atoms with van der Waals surface area (Å²) in [5, 5.41) is 9.86. The molecule has 3 nitrogen and oxygen atoms in total. The average molecular weight is 269 g/mol. The second kappa shape index (κ2) is 6.35. The van der Waals surface area contributed by atoms with Gasteiger partial charge in [0.1, 0.15) is 11.7 Å². The molecule has 0 aliphatic carbocycles. The Morgan fingerprint density at radius 2 is 1.74 bits per heavy atom. The normalized spacial score (nSPS) is 12.1. The lowest BCUT2D eigenvalue weighted by atomic mass is 10.00. The van der Waals surface area contributed by atoms with Crippen LogP contribution in [0.5, 0.6) is 0 Å². The molecule has 1 aromatic heterocycles. The Balaban J connectivity index is 2.23. The van der Waals surface area contributed by atoms with Gasteiger partial charge in [0, 0.05) is 22.5 Å². The molecule has 0 aliphatic rings. The zero-order valence-electron chi connectivity index (χ0n) is 10.9. The number of rotatable bonds is 4. The Labute approximate surface area is 117 Å². The van der Waals surface area contributed by atoms with Crippen LogP contribution in [-0.4, -0.2) is 15.2 Å². The summed E-state index contributed by atoms with van der Waals surface area (Å²) in [6.07, 6.45) is 3.32. The van der Waals surface area contributed by atoms with Crippen molar-refractivity contribution in [3.63, 3.8) is 0 Å². The summed E-state index contributed by atoms with van der Waals surface area (Å²) in [5.41, 5.74) is 0.932. The fourth-order valence-electron chi connectivity index (χ4n) is 1.75. The zero-order valence-corrected chi connectivity index (χ0v) is 11.8. The van der Waals surface area contributed by atoms with Crippen LogP contribution in [0, 0.1) is 11.3 Å². The summed E-state index contributed by atoms with van der Waals surface area (Å²) in [4.78, 5) is 9.53. The van der Waals surface area contributed by atoms with Crippen LogP contribution in [0.15, 0.2) is 47.6 Å². The van der Waals surface area contributed by atoms with E-state index < -0.39 is 5.92 Å². The molecule has 1 aromatic carbocycles. The third-order valence-corrected chi connectivity index (χ3v) is 3.57. The van der Waals surface area contributed by atoms with Crippen molar-refractivity contribution in [3.8, 4) is 6.07 Å². The lowest BCUT2D eigenvalue weighted by molar-refractivity contribution is 0.889. The number of hydrogen-bond donors (Lipinski definition) is 0. The summed E-state index contributed by atoms with van der Waals surface area (Å²) in [5.74, 6) is 0.147. The van der Waals surface area contributed by atoms with E-state index in [1.165, 1.54) is 4.90 Å². The van der Waals surface area contributed by atoms with E-state index in [1.54, 1.807) is 18.5 Å². The first kappa shape index (κ1) is 13.6. The van der Waals surface area contributed by atoms with Gasteiger partial charge in [-0.1, -0.05) is 26.0 Å². The van der Waals surface area contributed by atoms with Crippen LogP contribution in [0.1, 0.15) is 31.2 Å². The first-order valence-electron chi connectivity index (χ1n) is 6.14. The second-order valence-corrected chi connectivity index (χ2v) is 6.05. The van der Waals surface area contributed by atoms with Gasteiger partial charge in [-0.05, 0) is 23.8 Å². The maximum absolute atomic E-state index is 9.31. The van der Waals surface area contributed by atoms with Crippen molar-refractivity contribution < 1.29 is 0 Å². The van der Waals surface area contributed by atoms with Gasteiger partial charge in [-0.15, -0.1) is 11.8 Å². The van der Waals surface area contributed by atoms with E-state index in [2.05, 4.69) is 29.9 Å². The van der Waals surface area contributed by atoms with Crippen LogP contribution in [0.4, 0.5) is 0 Å². The fraction of sp³-hybridized carbons (Fsp3) is 0.267. The maximum atomic E-state index is 9.31. The maximum Gasteiger partial charge on any atom is 0.149 e. The van der Waals surface area contributed by atoms with Gasteiger partial charge in [-0.3, -0.25) is 0 Å². The molecule has 4 heteroatoms. The minimum absolute atomic E-state index is 0.403. The van der Waals surface area contributed by atoms with E-state index in [-0.39, 0.29) is 0 Å². The van der Waals surface area contributed by atoms with Gasteiger partial charge in [-0.25, -0.2) is 9.97 Å². The van der Waals surface area contributed by atoms with Crippen molar-refractivity contribution in [1.82, 2.24) is 9.97 Å². The molecule has 0 bridgehead atoms. The molecule has 0 saturated heterocycles. The van der Waals surface area contributed by atoms with Crippen molar-refractivity contribution in [2.75, 3.05) is 0 Å². The number of aromatic nitrogens is 2. The van der Waals surface area contributed by atoms with Gasteiger partial charge in [0.05, 0.1) is 6.07 Å². The molecular weight excluding hydrogens is 254 g/mol. The fourth-order valence-corrected chi connectivity index (χ4v) is 2.59. The van der Waals surface area contributed by atoms with Crippen LogP contribution < -0.4 is 0 Å². The molecule has 0 spiro atoms. The lowest BCUT2D eigenvalue weighted by Gasteiger charge is -2.09. The van der Waals surface area contributed by atoms with Crippen molar-refractivity contribution in [3.05, 3.63) is 54.1 Å². The highest BCUT2D eigenvalue weighted by Crippen LogP contribution is 2.26. The van der Waals surface area contributed by atoms with Crippen molar-refractivity contribution in [2.24, 2.45) is 0 Å². The van der Waals surface area contributed by atoms with E-state index in [9.17, 15) is 5.26 Å². The summed E-state index contributed by atoms with van der Waals surface area (Å²) in [6.45, 7) is 4.32. The van der Waals surface area contributed by atoms with Crippen molar-refractivity contribution in [2.45, 2.75) is 29.9 Å². The number of nitrogens with zero attached hydrogens (tertiary/aromatic N) is 3. The van der Waals surface area contributed by atoms with E-state index in [0.717, 1.165) is 5.56 Å². The summed E-state index contributed by atoms with van der Waals surface area (Å²) < 4.78 is 0. The van der Waals surface area contributed by atoms with Gasteiger partial charge in [0.15, 0.2) is 0 Å². The highest BCUT2D eigenvalue weighted by molar-refractivity contribution is 7.99. The van der Waals surface area contributed by atoms with Crippen LogP contribution in [-0.2, 0) is 0 Å². The topological polar surface area (TPSA) is 49.6 Å². The zero-order chi connectivity index (χ0) is 13.7. The van der Waals surface area contributed by atoms with Gasteiger partial charge in [-0.2, -0.15) is 5.26 Å². The number of thioether (sulfide) groups is 1. The largest absolute Gasteiger partial charge is 0.240 e. The van der Waals surface area contributed by atoms with E-state index in [1.807, 2.05) is 36.0 Å². The minimum atomic E-state index is -0.403. The molecule has 1 heterocycles. The van der Waals surface area contributed by atoms with Crippen LogP contribution in [0.3, 0.4) is 0 Å². The molecule has 0 N–H and O–H groups in total. The summed E-state index contributed by atoms with van der Waals surface area (Å²) in [6, 6.07) is 12.1. The van der Waals surface area contributed by atoms with Gasteiger partial charge in [0.2, 0.25) is 0 Å². The standard InChI is InChI=1S/C15H15N3S/c1-11(2)19-13-6-4-12(5-7-13)14(10-16)15-17-8-3-9-18-15/h3-9,11,14H,1-2H3. The molecule has 0 fully saturated rings. The number of nitriles is 1. The Morgan fingerprint density at radius 1 is 1.11 bits per heavy atom. The Bertz CT molecular complexity index is 558. The predicted octanol–water partition coefficient (Wildman–Crippen LogP) is 3.63. The molecule has 1 atom stereocenters. The molecule has 1 unspecified atom stereocenters. The van der Waals surface area contributed by atoms with E-state index in [4.69, 9.17) is 0 Å². The van der Waals surface area contributed by atoms with Crippen LogP contribution in [0.25, 0.3) is 0 Å². The average Bonchev–Trinajstić information content (AvgIpc) is 2.42. The highest BCUT2D eigenvalue weighted by atomic mass is 32.2. The molecule has 0 saturated carbocycles. The second-order valence-electron chi connectivity index (χ2n) is 4.40. The molecule has 2 rings (SSSR count). The predicted molar refractivity (Wildman–Crippen MR) is 76.9 cm³/mol. The van der Waals surface area contributed by atoms with E-state index >= 15 is 0 Å². The first-order valence-corrected chi connectivity index (χ1v) is 7.02. The highest BCUT2D eigenvalue weighted by Gasteiger charge is 2.15. The molecule has 0 amide bonds. The lowest BCUT2D eigenvalue weighted by Crippen LogP contribution is -2.03. The van der Waals surface area contributed by atoms with E-state index in [0.29, 0.717) is 11.1 Å². The first-order chi connectivity index (χ1) is 9.20. The van der Waals surface area contributed by atoms with Gasteiger partial charge < -0.3 is 0 Å². The van der Waals surface area contributed by atoms with Gasteiger partial charge in [0.25, 0.3) is 0 Å². The molecular formula is C15H15N3S. The minimum Gasteiger partial charge on any atom is -0.240 e. The third kappa shape index (κ3) is 3.55. The summed E-state index contributed by atoms with van der Waals surface area (Å²) in [7, 11) is 0. The van der Waals surface area contributed by atoms with Crippen LogP contribution >= 0.6 is 11.8 Å².